The fraction of sp³-hybridized carbons (Fsp3) is 0.435. The number of hydrogen-bond donors (Lipinski definition) is 0. The van der Waals surface area contributed by atoms with Crippen LogP contribution in [0.1, 0.15) is 30.7 Å². The molecule has 0 bridgehead atoms. The maximum Gasteiger partial charge on any atom is 0.243 e. The number of amides is 1. The normalized spacial score (nSPS) is 22.5. The zero-order valence-corrected chi connectivity index (χ0v) is 18.4. The highest BCUT2D eigenvalue weighted by atomic mass is 32.2. The van der Waals surface area contributed by atoms with E-state index in [0.29, 0.717) is 32.5 Å². The lowest BCUT2D eigenvalue weighted by Gasteiger charge is -2.33. The molecule has 0 spiro atoms. The molecule has 6 nitrogen and oxygen atoms in total. The molecule has 0 N–H and O–H groups in total. The van der Waals surface area contributed by atoms with Crippen LogP contribution in [0.2, 0.25) is 0 Å². The van der Waals surface area contributed by atoms with Crippen molar-refractivity contribution in [3.05, 3.63) is 59.9 Å². The molecule has 2 heterocycles. The standard InChI is InChI=1S/C23H27FN2O4S/c1-30-21-8-4-17(5-9-21)18-12-14-25(15-18)23(27)19-3-2-13-26(16-19)31(28,29)22-10-6-20(24)7-11-22/h4-11,18-19H,2-3,12-16H2,1H3. The number of carbonyl (C=O) groups is 1. The first kappa shape index (κ1) is 21.8. The Bertz CT molecular complexity index is 1020. The molecule has 8 heteroatoms. The van der Waals surface area contributed by atoms with E-state index in [1.54, 1.807) is 7.11 Å². The molecule has 2 saturated heterocycles. The van der Waals surface area contributed by atoms with E-state index in [1.807, 2.05) is 29.2 Å². The quantitative estimate of drug-likeness (QED) is 0.707. The van der Waals surface area contributed by atoms with Crippen LogP contribution in [0.15, 0.2) is 53.4 Å². The van der Waals surface area contributed by atoms with Crippen molar-refractivity contribution in [1.29, 1.82) is 0 Å². The maximum atomic E-state index is 13.2. The highest BCUT2D eigenvalue weighted by Crippen LogP contribution is 2.31. The minimum atomic E-state index is -3.75. The van der Waals surface area contributed by atoms with Gasteiger partial charge in [0.25, 0.3) is 0 Å². The Hall–Kier alpha value is -2.45. The predicted molar refractivity (Wildman–Crippen MR) is 115 cm³/mol. The predicted octanol–water partition coefficient (Wildman–Crippen LogP) is 3.25. The molecule has 1 amide bonds. The van der Waals surface area contributed by atoms with Gasteiger partial charge in [-0.25, -0.2) is 12.8 Å². The van der Waals surface area contributed by atoms with Crippen LogP contribution in [0.25, 0.3) is 0 Å². The van der Waals surface area contributed by atoms with Crippen molar-refractivity contribution in [2.75, 3.05) is 33.3 Å². The van der Waals surface area contributed by atoms with Crippen molar-refractivity contribution in [2.24, 2.45) is 5.92 Å². The molecule has 4 rings (SSSR count). The van der Waals surface area contributed by atoms with Crippen molar-refractivity contribution >= 4 is 15.9 Å². The number of likely N-dealkylation sites (tertiary alicyclic amines) is 1. The largest absolute Gasteiger partial charge is 0.497 e. The summed E-state index contributed by atoms with van der Waals surface area (Å²) in [6.07, 6.45) is 2.20. The van der Waals surface area contributed by atoms with Crippen LogP contribution in [0.3, 0.4) is 0 Å². The number of halogens is 1. The van der Waals surface area contributed by atoms with Gasteiger partial charge >= 0.3 is 0 Å². The summed E-state index contributed by atoms with van der Waals surface area (Å²) in [4.78, 5) is 15.1. The molecular weight excluding hydrogens is 419 g/mol. The van der Waals surface area contributed by atoms with Gasteiger partial charge in [0.05, 0.1) is 17.9 Å². The average Bonchev–Trinajstić information content (AvgIpc) is 3.29. The number of piperidine rings is 1. The van der Waals surface area contributed by atoms with Gasteiger partial charge in [0.1, 0.15) is 11.6 Å². The summed E-state index contributed by atoms with van der Waals surface area (Å²) in [7, 11) is -2.11. The monoisotopic (exact) mass is 446 g/mol. The number of methoxy groups -OCH3 is 1. The van der Waals surface area contributed by atoms with E-state index >= 15 is 0 Å². The second-order valence-corrected chi connectivity index (χ2v) is 10.1. The van der Waals surface area contributed by atoms with Gasteiger partial charge in [-0.15, -0.1) is 0 Å². The lowest BCUT2D eigenvalue weighted by atomic mass is 9.97. The third kappa shape index (κ3) is 4.60. The summed E-state index contributed by atoms with van der Waals surface area (Å²) in [6, 6.07) is 12.8. The third-order valence-corrected chi connectivity index (χ3v) is 8.15. The highest BCUT2D eigenvalue weighted by molar-refractivity contribution is 7.89. The zero-order chi connectivity index (χ0) is 22.0. The van der Waals surface area contributed by atoms with E-state index in [0.717, 1.165) is 24.3 Å². The average molecular weight is 447 g/mol. The fourth-order valence-corrected chi connectivity index (χ4v) is 6.01. The number of rotatable bonds is 5. The molecule has 0 radical (unpaired) electrons. The Labute approximate surface area is 182 Å². The highest BCUT2D eigenvalue weighted by Gasteiger charge is 2.37. The van der Waals surface area contributed by atoms with E-state index in [1.165, 1.54) is 22.0 Å². The van der Waals surface area contributed by atoms with Gasteiger partial charge in [-0.2, -0.15) is 4.31 Å². The molecule has 166 valence electrons. The van der Waals surface area contributed by atoms with Crippen LogP contribution in [0.4, 0.5) is 4.39 Å². The number of benzene rings is 2. The van der Waals surface area contributed by atoms with Gasteiger partial charge in [0.15, 0.2) is 0 Å². The molecule has 2 aliphatic heterocycles. The Kier molecular flexibility index (Phi) is 6.29. The molecular formula is C23H27FN2O4S. The van der Waals surface area contributed by atoms with Gasteiger partial charge in [-0.05, 0) is 61.2 Å². The molecule has 2 aliphatic rings. The van der Waals surface area contributed by atoms with Crippen LogP contribution >= 0.6 is 0 Å². The second-order valence-electron chi connectivity index (χ2n) is 8.20. The second kappa shape index (κ2) is 8.96. The number of hydrogen-bond acceptors (Lipinski definition) is 4. The van der Waals surface area contributed by atoms with Crippen LogP contribution in [0.5, 0.6) is 5.75 Å². The minimum absolute atomic E-state index is 0.0232. The number of carbonyl (C=O) groups excluding carboxylic acids is 1. The van der Waals surface area contributed by atoms with E-state index in [4.69, 9.17) is 4.74 Å². The first-order valence-electron chi connectivity index (χ1n) is 10.6. The number of nitrogens with zero attached hydrogens (tertiary/aromatic N) is 2. The maximum absolute atomic E-state index is 13.2. The molecule has 0 aliphatic carbocycles. The number of ether oxygens (including phenoxy) is 1. The molecule has 2 fully saturated rings. The fourth-order valence-electron chi connectivity index (χ4n) is 4.48. The lowest BCUT2D eigenvalue weighted by Crippen LogP contribution is -2.46. The van der Waals surface area contributed by atoms with E-state index in [-0.39, 0.29) is 29.2 Å². The van der Waals surface area contributed by atoms with Crippen molar-refractivity contribution in [2.45, 2.75) is 30.1 Å². The third-order valence-electron chi connectivity index (χ3n) is 6.27. The lowest BCUT2D eigenvalue weighted by molar-refractivity contribution is -0.135. The first-order valence-corrected chi connectivity index (χ1v) is 12.0. The van der Waals surface area contributed by atoms with Crippen molar-refractivity contribution in [3.8, 4) is 5.75 Å². The van der Waals surface area contributed by atoms with Gasteiger partial charge in [-0.3, -0.25) is 4.79 Å². The smallest absolute Gasteiger partial charge is 0.243 e. The first-order chi connectivity index (χ1) is 14.9. The van der Waals surface area contributed by atoms with Gasteiger partial charge in [-0.1, -0.05) is 12.1 Å². The summed E-state index contributed by atoms with van der Waals surface area (Å²) in [5.74, 6) is 0.275. The van der Waals surface area contributed by atoms with E-state index in [9.17, 15) is 17.6 Å². The van der Waals surface area contributed by atoms with Crippen LogP contribution in [0, 0.1) is 11.7 Å². The summed E-state index contributed by atoms with van der Waals surface area (Å²) in [5, 5.41) is 0. The van der Waals surface area contributed by atoms with Crippen molar-refractivity contribution in [1.82, 2.24) is 9.21 Å². The Morgan fingerprint density at radius 2 is 1.71 bits per heavy atom. The molecule has 0 saturated carbocycles. The summed E-state index contributed by atoms with van der Waals surface area (Å²) in [6.45, 7) is 1.86. The van der Waals surface area contributed by atoms with Crippen LogP contribution in [-0.2, 0) is 14.8 Å². The Morgan fingerprint density at radius 1 is 1.00 bits per heavy atom. The van der Waals surface area contributed by atoms with E-state index in [2.05, 4.69) is 0 Å². The summed E-state index contributed by atoms with van der Waals surface area (Å²) >= 11 is 0. The minimum Gasteiger partial charge on any atom is -0.497 e. The molecule has 31 heavy (non-hydrogen) atoms. The van der Waals surface area contributed by atoms with Gasteiger partial charge < -0.3 is 9.64 Å². The molecule has 2 aromatic rings. The van der Waals surface area contributed by atoms with Crippen LogP contribution in [-0.4, -0.2) is 56.8 Å². The zero-order valence-electron chi connectivity index (χ0n) is 17.5. The Balaban J connectivity index is 1.41. The SMILES string of the molecule is COc1ccc(C2CCN(C(=O)C3CCCN(S(=O)(=O)c4ccc(F)cc4)C3)C2)cc1. The Morgan fingerprint density at radius 3 is 2.39 bits per heavy atom. The molecule has 0 aromatic heterocycles. The summed E-state index contributed by atoms with van der Waals surface area (Å²) < 4.78 is 45.6. The topological polar surface area (TPSA) is 66.9 Å². The van der Waals surface area contributed by atoms with E-state index < -0.39 is 15.8 Å². The molecule has 2 unspecified atom stereocenters. The molecule has 2 atom stereocenters. The van der Waals surface area contributed by atoms with Crippen molar-refractivity contribution < 1.29 is 22.3 Å². The van der Waals surface area contributed by atoms with Crippen LogP contribution < -0.4 is 4.74 Å². The molecule has 2 aromatic carbocycles. The van der Waals surface area contributed by atoms with Gasteiger partial charge in [0.2, 0.25) is 15.9 Å². The van der Waals surface area contributed by atoms with Gasteiger partial charge in [0, 0.05) is 32.1 Å². The van der Waals surface area contributed by atoms with Crippen molar-refractivity contribution in [3.63, 3.8) is 0 Å². The summed E-state index contributed by atoms with van der Waals surface area (Å²) in [5.41, 5.74) is 1.18. The number of sulfonamides is 1.